The molecule has 1 amide bonds. The number of nitrogens with zero attached hydrogens (tertiary/aromatic N) is 2. The predicted molar refractivity (Wildman–Crippen MR) is 145 cm³/mol. The molecule has 1 unspecified atom stereocenters. The number of carbonyl (C=O) groups excluding carboxylic acids is 2. The summed E-state index contributed by atoms with van der Waals surface area (Å²) in [5.74, 6) is 0.543. The number of likely N-dealkylation sites (tertiary alicyclic amines) is 1. The fourth-order valence-corrected chi connectivity index (χ4v) is 4.07. The number of aryl methyl sites for hydroxylation is 2. The normalized spacial score (nSPS) is 15.2. The zero-order valence-corrected chi connectivity index (χ0v) is 23.1. The number of hydrogen-bond donors (Lipinski definition) is 0. The van der Waals surface area contributed by atoms with Crippen molar-refractivity contribution in [3.63, 3.8) is 0 Å². The van der Waals surface area contributed by atoms with Gasteiger partial charge in [0.1, 0.15) is 5.60 Å². The van der Waals surface area contributed by atoms with Gasteiger partial charge < -0.3 is 14.4 Å². The highest BCUT2D eigenvalue weighted by Gasteiger charge is 2.25. The molecule has 1 aromatic heterocycles. The monoisotopic (exact) mass is 494 g/mol. The minimum atomic E-state index is -0.375. The molecule has 196 valence electrons. The fraction of sp³-hybridized carbons (Fsp3) is 0.500. The summed E-state index contributed by atoms with van der Waals surface area (Å²) in [5.41, 5.74) is 5.16. The maximum Gasteiger partial charge on any atom is 0.410 e. The lowest BCUT2D eigenvalue weighted by atomic mass is 9.89. The molecule has 6 heteroatoms. The number of rotatable bonds is 4. The first-order chi connectivity index (χ1) is 16.9. The molecule has 2 aromatic rings. The zero-order valence-electron chi connectivity index (χ0n) is 23.1. The van der Waals surface area contributed by atoms with Gasteiger partial charge >= 0.3 is 12.1 Å². The van der Waals surface area contributed by atoms with Crippen LogP contribution in [-0.2, 0) is 14.3 Å². The van der Waals surface area contributed by atoms with Crippen LogP contribution in [0.3, 0.4) is 0 Å². The van der Waals surface area contributed by atoms with Crippen LogP contribution < -0.4 is 0 Å². The number of aromatic nitrogens is 1. The SMILES string of the molecule is CC1CCN(C(=O)OC(C)(C)C)CC1.COC(=O)/C=C/c1cc(C)ccc1C(C)c1ncccc1C. The lowest BCUT2D eigenvalue weighted by molar-refractivity contribution is -0.134. The van der Waals surface area contributed by atoms with Crippen LogP contribution in [0.5, 0.6) is 0 Å². The molecule has 2 heterocycles. The van der Waals surface area contributed by atoms with Gasteiger partial charge in [-0.05, 0) is 82.2 Å². The predicted octanol–water partition coefficient (Wildman–Crippen LogP) is 6.69. The van der Waals surface area contributed by atoms with Gasteiger partial charge in [-0.3, -0.25) is 4.98 Å². The van der Waals surface area contributed by atoms with Gasteiger partial charge in [0.15, 0.2) is 0 Å². The standard InChI is InChI=1S/C19H21NO2.C11H21NO2/c1-13-7-9-17(16(12-13)8-10-18(21)22-4)15(3)19-14(2)6-5-11-20-19;1-9-5-7-12(8-6-9)10(13)14-11(2,3)4/h5-12,15H,1-4H3;9H,5-8H2,1-4H3/b10-8+;. The maximum absolute atomic E-state index is 11.6. The molecule has 0 aliphatic carbocycles. The Morgan fingerprint density at radius 3 is 2.39 bits per heavy atom. The van der Waals surface area contributed by atoms with Crippen molar-refractivity contribution >= 4 is 18.1 Å². The van der Waals surface area contributed by atoms with Crippen LogP contribution in [0.15, 0.2) is 42.6 Å². The van der Waals surface area contributed by atoms with E-state index in [0.717, 1.165) is 54.2 Å². The molecule has 3 rings (SSSR count). The van der Waals surface area contributed by atoms with Crippen molar-refractivity contribution in [2.45, 2.75) is 72.8 Å². The molecule has 0 bridgehead atoms. The number of methoxy groups -OCH3 is 1. The Morgan fingerprint density at radius 1 is 1.14 bits per heavy atom. The van der Waals surface area contributed by atoms with Gasteiger partial charge in [-0.1, -0.05) is 43.7 Å². The molecule has 0 spiro atoms. The number of piperidine rings is 1. The van der Waals surface area contributed by atoms with Crippen molar-refractivity contribution in [2.75, 3.05) is 20.2 Å². The van der Waals surface area contributed by atoms with E-state index >= 15 is 0 Å². The van der Waals surface area contributed by atoms with Crippen molar-refractivity contribution in [1.82, 2.24) is 9.88 Å². The van der Waals surface area contributed by atoms with Crippen LogP contribution in [0, 0.1) is 19.8 Å². The van der Waals surface area contributed by atoms with Crippen LogP contribution >= 0.6 is 0 Å². The first kappa shape index (κ1) is 29.1. The summed E-state index contributed by atoms with van der Waals surface area (Å²) >= 11 is 0. The average Bonchev–Trinajstić information content (AvgIpc) is 2.82. The maximum atomic E-state index is 11.6. The average molecular weight is 495 g/mol. The largest absolute Gasteiger partial charge is 0.466 e. The number of pyridine rings is 1. The summed E-state index contributed by atoms with van der Waals surface area (Å²) in [7, 11) is 1.38. The van der Waals surface area contributed by atoms with Crippen LogP contribution in [-0.4, -0.2) is 47.7 Å². The summed E-state index contributed by atoms with van der Waals surface area (Å²) in [6.45, 7) is 15.9. The molecule has 1 atom stereocenters. The summed E-state index contributed by atoms with van der Waals surface area (Å²) in [4.78, 5) is 29.3. The molecule has 1 aliphatic rings. The second-order valence-corrected chi connectivity index (χ2v) is 10.6. The van der Waals surface area contributed by atoms with E-state index in [1.165, 1.54) is 18.7 Å². The fourth-order valence-electron chi connectivity index (χ4n) is 4.07. The molecular weight excluding hydrogens is 452 g/mol. The summed E-state index contributed by atoms with van der Waals surface area (Å²) in [6.07, 6.45) is 7.11. The third-order valence-electron chi connectivity index (χ3n) is 6.20. The Morgan fingerprint density at radius 2 is 1.81 bits per heavy atom. The van der Waals surface area contributed by atoms with Crippen molar-refractivity contribution in [1.29, 1.82) is 0 Å². The molecule has 1 aliphatic heterocycles. The van der Waals surface area contributed by atoms with Crippen molar-refractivity contribution < 1.29 is 19.1 Å². The van der Waals surface area contributed by atoms with Gasteiger partial charge in [-0.2, -0.15) is 0 Å². The summed E-state index contributed by atoms with van der Waals surface area (Å²) in [5, 5.41) is 0. The number of amides is 1. The number of ether oxygens (including phenoxy) is 2. The first-order valence-electron chi connectivity index (χ1n) is 12.7. The molecule has 0 saturated carbocycles. The van der Waals surface area contributed by atoms with E-state index in [-0.39, 0.29) is 23.6 Å². The van der Waals surface area contributed by atoms with E-state index in [1.54, 1.807) is 0 Å². The molecule has 1 aromatic carbocycles. The quantitative estimate of drug-likeness (QED) is 0.350. The third kappa shape index (κ3) is 9.14. The van der Waals surface area contributed by atoms with Crippen LogP contribution in [0.25, 0.3) is 6.08 Å². The lowest BCUT2D eigenvalue weighted by Crippen LogP contribution is -2.41. The number of carbonyl (C=O) groups is 2. The van der Waals surface area contributed by atoms with E-state index in [4.69, 9.17) is 4.74 Å². The molecule has 0 N–H and O–H groups in total. The topological polar surface area (TPSA) is 68.7 Å². The highest BCUT2D eigenvalue weighted by molar-refractivity contribution is 5.87. The molecule has 1 saturated heterocycles. The van der Waals surface area contributed by atoms with E-state index in [2.05, 4.69) is 54.8 Å². The minimum absolute atomic E-state index is 0.152. The van der Waals surface area contributed by atoms with E-state index in [9.17, 15) is 9.59 Å². The number of hydrogen-bond acceptors (Lipinski definition) is 5. The van der Waals surface area contributed by atoms with Gasteiger partial charge in [0.25, 0.3) is 0 Å². The van der Waals surface area contributed by atoms with Crippen LogP contribution in [0.2, 0.25) is 0 Å². The zero-order chi connectivity index (χ0) is 26.9. The van der Waals surface area contributed by atoms with E-state index < -0.39 is 0 Å². The molecule has 1 fully saturated rings. The van der Waals surface area contributed by atoms with Gasteiger partial charge in [0, 0.05) is 31.3 Å². The number of esters is 1. The first-order valence-corrected chi connectivity index (χ1v) is 12.7. The molecular formula is C30H42N2O4. The Hall–Kier alpha value is -3.15. The highest BCUT2D eigenvalue weighted by atomic mass is 16.6. The van der Waals surface area contributed by atoms with Crippen molar-refractivity contribution in [2.24, 2.45) is 5.92 Å². The second-order valence-electron chi connectivity index (χ2n) is 10.6. The third-order valence-corrected chi connectivity index (χ3v) is 6.20. The van der Waals surface area contributed by atoms with E-state index in [1.807, 2.05) is 50.9 Å². The minimum Gasteiger partial charge on any atom is -0.466 e. The lowest BCUT2D eigenvalue weighted by Gasteiger charge is -2.32. The van der Waals surface area contributed by atoms with Gasteiger partial charge in [-0.25, -0.2) is 9.59 Å². The van der Waals surface area contributed by atoms with Crippen molar-refractivity contribution in [3.05, 3.63) is 70.6 Å². The highest BCUT2D eigenvalue weighted by Crippen LogP contribution is 2.29. The molecule has 6 nitrogen and oxygen atoms in total. The Bertz CT molecular complexity index is 1050. The second kappa shape index (κ2) is 13.2. The smallest absolute Gasteiger partial charge is 0.410 e. The Kier molecular flexibility index (Phi) is 10.7. The number of benzene rings is 1. The van der Waals surface area contributed by atoms with Gasteiger partial charge in [0.05, 0.1) is 12.8 Å². The Balaban J connectivity index is 0.000000281. The van der Waals surface area contributed by atoms with Gasteiger partial charge in [-0.15, -0.1) is 0 Å². The molecule has 36 heavy (non-hydrogen) atoms. The Labute approximate surface area is 216 Å². The van der Waals surface area contributed by atoms with Crippen molar-refractivity contribution in [3.8, 4) is 0 Å². The summed E-state index contributed by atoms with van der Waals surface area (Å²) in [6, 6.07) is 10.3. The van der Waals surface area contributed by atoms with Crippen LogP contribution in [0.4, 0.5) is 4.79 Å². The summed E-state index contributed by atoms with van der Waals surface area (Å²) < 4.78 is 9.97. The van der Waals surface area contributed by atoms with Crippen LogP contribution in [0.1, 0.15) is 81.3 Å². The van der Waals surface area contributed by atoms with E-state index in [0.29, 0.717) is 0 Å². The molecule has 0 radical (unpaired) electrons. The van der Waals surface area contributed by atoms with Gasteiger partial charge in [0.2, 0.25) is 0 Å².